The Morgan fingerprint density at radius 1 is 1.31 bits per heavy atom. The molecular weight excluding hydrogens is 200 g/mol. The van der Waals surface area contributed by atoms with E-state index < -0.39 is 0 Å². The molecule has 0 bridgehead atoms. The average molecular weight is 220 g/mol. The highest BCUT2D eigenvalue weighted by molar-refractivity contribution is 5.23. The molecule has 1 aliphatic rings. The van der Waals surface area contributed by atoms with Crippen molar-refractivity contribution in [1.29, 1.82) is 0 Å². The summed E-state index contributed by atoms with van der Waals surface area (Å²) in [6.07, 6.45) is 0.996. The van der Waals surface area contributed by atoms with Crippen LogP contribution in [-0.2, 0) is 4.74 Å². The van der Waals surface area contributed by atoms with Gasteiger partial charge in [0, 0.05) is 6.61 Å². The maximum absolute atomic E-state index is 6.41. The molecule has 0 amide bonds. The Kier molecular flexibility index (Phi) is 3.28. The van der Waals surface area contributed by atoms with Gasteiger partial charge in [-0.1, -0.05) is 30.3 Å². The smallest absolute Gasteiger partial charge is 0.0669 e. The third-order valence-electron chi connectivity index (χ3n) is 3.66. The molecule has 1 saturated heterocycles. The van der Waals surface area contributed by atoms with Gasteiger partial charge in [0.1, 0.15) is 0 Å². The number of likely N-dealkylation sites (N-methyl/N-ethyl adjacent to an activating group) is 1. The first kappa shape index (κ1) is 11.6. The predicted octanol–water partition coefficient (Wildman–Crippen LogP) is 1.41. The van der Waals surface area contributed by atoms with Gasteiger partial charge in [-0.05, 0) is 26.1 Å². The second-order valence-electron chi connectivity index (χ2n) is 4.69. The van der Waals surface area contributed by atoms with Crippen LogP contribution in [0.1, 0.15) is 18.0 Å². The normalized spacial score (nSPS) is 27.2. The summed E-state index contributed by atoms with van der Waals surface area (Å²) < 4.78 is 5.54. The van der Waals surface area contributed by atoms with Crippen LogP contribution in [0.25, 0.3) is 0 Å². The van der Waals surface area contributed by atoms with Gasteiger partial charge in [0.2, 0.25) is 0 Å². The van der Waals surface area contributed by atoms with E-state index in [0.29, 0.717) is 0 Å². The van der Waals surface area contributed by atoms with E-state index in [4.69, 9.17) is 10.5 Å². The monoisotopic (exact) mass is 220 g/mol. The van der Waals surface area contributed by atoms with Crippen molar-refractivity contribution in [2.45, 2.75) is 18.0 Å². The summed E-state index contributed by atoms with van der Waals surface area (Å²) in [5.74, 6) is 0. The standard InChI is InChI=1S/C13H20N2O/c1-15(2)13(8-9-16-10-13)12(14)11-6-4-3-5-7-11/h3-7,12H,8-10,14H2,1-2H3/t12-,13-/m1/s1. The topological polar surface area (TPSA) is 38.5 Å². The summed E-state index contributed by atoms with van der Waals surface area (Å²) in [4.78, 5) is 2.21. The van der Waals surface area contributed by atoms with Crippen molar-refractivity contribution >= 4 is 0 Å². The highest BCUT2D eigenvalue weighted by Crippen LogP contribution is 2.35. The first-order chi connectivity index (χ1) is 7.67. The Labute approximate surface area is 97.2 Å². The minimum absolute atomic E-state index is 0.00574. The maximum atomic E-state index is 6.41. The second-order valence-corrected chi connectivity index (χ2v) is 4.69. The molecule has 1 aromatic rings. The van der Waals surface area contributed by atoms with E-state index in [0.717, 1.165) is 19.6 Å². The molecule has 1 fully saturated rings. The van der Waals surface area contributed by atoms with Crippen LogP contribution in [0.4, 0.5) is 0 Å². The molecule has 88 valence electrons. The van der Waals surface area contributed by atoms with E-state index in [-0.39, 0.29) is 11.6 Å². The van der Waals surface area contributed by atoms with Crippen LogP contribution >= 0.6 is 0 Å². The molecule has 0 unspecified atom stereocenters. The van der Waals surface area contributed by atoms with Gasteiger partial charge in [0.05, 0.1) is 18.2 Å². The van der Waals surface area contributed by atoms with Crippen LogP contribution in [-0.4, -0.2) is 37.7 Å². The Hall–Kier alpha value is -0.900. The van der Waals surface area contributed by atoms with E-state index in [1.54, 1.807) is 0 Å². The number of nitrogens with two attached hydrogens (primary N) is 1. The number of benzene rings is 1. The molecule has 1 aromatic carbocycles. The van der Waals surface area contributed by atoms with Crippen molar-refractivity contribution in [3.05, 3.63) is 35.9 Å². The van der Waals surface area contributed by atoms with Gasteiger partial charge in [-0.3, -0.25) is 4.90 Å². The molecule has 0 aromatic heterocycles. The Balaban J connectivity index is 2.28. The highest BCUT2D eigenvalue weighted by Gasteiger charge is 2.43. The molecule has 2 rings (SSSR count). The zero-order chi connectivity index (χ0) is 11.6. The number of nitrogens with zero attached hydrogens (tertiary/aromatic N) is 1. The molecule has 0 aliphatic carbocycles. The fraction of sp³-hybridized carbons (Fsp3) is 0.538. The third-order valence-corrected chi connectivity index (χ3v) is 3.66. The van der Waals surface area contributed by atoms with Crippen LogP contribution < -0.4 is 5.73 Å². The Morgan fingerprint density at radius 3 is 2.50 bits per heavy atom. The largest absolute Gasteiger partial charge is 0.379 e. The van der Waals surface area contributed by atoms with Crippen LogP contribution in [0.5, 0.6) is 0 Å². The van der Waals surface area contributed by atoms with Crippen molar-refractivity contribution in [3.8, 4) is 0 Å². The molecule has 1 heterocycles. The van der Waals surface area contributed by atoms with Crippen molar-refractivity contribution in [2.75, 3.05) is 27.3 Å². The zero-order valence-corrected chi connectivity index (χ0v) is 10.0. The minimum atomic E-state index is -0.0542. The lowest BCUT2D eigenvalue weighted by atomic mass is 9.84. The highest BCUT2D eigenvalue weighted by atomic mass is 16.5. The lowest BCUT2D eigenvalue weighted by Crippen LogP contribution is -2.52. The molecular formula is C13H20N2O. The number of hydrogen-bond acceptors (Lipinski definition) is 3. The molecule has 0 radical (unpaired) electrons. The van der Waals surface area contributed by atoms with Gasteiger partial charge >= 0.3 is 0 Å². The zero-order valence-electron chi connectivity index (χ0n) is 10.0. The Bertz CT molecular complexity index is 331. The summed E-state index contributed by atoms with van der Waals surface area (Å²) >= 11 is 0. The van der Waals surface area contributed by atoms with Crippen molar-refractivity contribution < 1.29 is 4.74 Å². The van der Waals surface area contributed by atoms with Gasteiger partial charge in [-0.25, -0.2) is 0 Å². The number of rotatable bonds is 3. The summed E-state index contributed by atoms with van der Waals surface area (Å²) in [5.41, 5.74) is 7.54. The van der Waals surface area contributed by atoms with Crippen LogP contribution in [0, 0.1) is 0 Å². The third kappa shape index (κ3) is 1.86. The van der Waals surface area contributed by atoms with Gasteiger partial charge in [-0.15, -0.1) is 0 Å². The number of ether oxygens (including phenoxy) is 1. The first-order valence-corrected chi connectivity index (χ1v) is 5.72. The fourth-order valence-corrected chi connectivity index (χ4v) is 2.42. The summed E-state index contributed by atoms with van der Waals surface area (Å²) in [6.45, 7) is 1.52. The van der Waals surface area contributed by atoms with E-state index in [1.165, 1.54) is 5.56 Å². The van der Waals surface area contributed by atoms with E-state index in [2.05, 4.69) is 31.1 Å². The van der Waals surface area contributed by atoms with Gasteiger partial charge in [-0.2, -0.15) is 0 Å². The summed E-state index contributed by atoms with van der Waals surface area (Å²) in [5, 5.41) is 0. The lowest BCUT2D eigenvalue weighted by Gasteiger charge is -2.40. The molecule has 2 N–H and O–H groups in total. The maximum Gasteiger partial charge on any atom is 0.0669 e. The van der Waals surface area contributed by atoms with E-state index >= 15 is 0 Å². The van der Waals surface area contributed by atoms with Gasteiger partial charge in [0.15, 0.2) is 0 Å². The predicted molar refractivity (Wildman–Crippen MR) is 65.2 cm³/mol. The van der Waals surface area contributed by atoms with Crippen molar-refractivity contribution in [3.63, 3.8) is 0 Å². The van der Waals surface area contributed by atoms with E-state index in [9.17, 15) is 0 Å². The molecule has 1 aliphatic heterocycles. The summed E-state index contributed by atoms with van der Waals surface area (Å²) in [7, 11) is 4.16. The fourth-order valence-electron chi connectivity index (χ4n) is 2.42. The number of hydrogen-bond donors (Lipinski definition) is 1. The second kappa shape index (κ2) is 4.53. The first-order valence-electron chi connectivity index (χ1n) is 5.72. The molecule has 2 atom stereocenters. The summed E-state index contributed by atoms with van der Waals surface area (Å²) in [6, 6.07) is 10.3. The van der Waals surface area contributed by atoms with E-state index in [1.807, 2.05) is 18.2 Å². The quantitative estimate of drug-likeness (QED) is 0.837. The Morgan fingerprint density at radius 2 is 2.00 bits per heavy atom. The van der Waals surface area contributed by atoms with Crippen molar-refractivity contribution in [2.24, 2.45) is 5.73 Å². The van der Waals surface area contributed by atoms with Crippen LogP contribution in [0.15, 0.2) is 30.3 Å². The van der Waals surface area contributed by atoms with Crippen LogP contribution in [0.2, 0.25) is 0 Å². The molecule has 0 spiro atoms. The van der Waals surface area contributed by atoms with Crippen LogP contribution in [0.3, 0.4) is 0 Å². The molecule has 3 heteroatoms. The van der Waals surface area contributed by atoms with Crippen molar-refractivity contribution in [1.82, 2.24) is 4.90 Å². The lowest BCUT2D eigenvalue weighted by molar-refractivity contribution is 0.0854. The molecule has 16 heavy (non-hydrogen) atoms. The molecule has 3 nitrogen and oxygen atoms in total. The van der Waals surface area contributed by atoms with Gasteiger partial charge in [0.25, 0.3) is 0 Å². The average Bonchev–Trinajstić information content (AvgIpc) is 2.79. The van der Waals surface area contributed by atoms with Gasteiger partial charge < -0.3 is 10.5 Å². The minimum Gasteiger partial charge on any atom is -0.379 e. The molecule has 0 saturated carbocycles. The SMILES string of the molecule is CN(C)[C@]1([C@H](N)c2ccccc2)CCOC1.